The van der Waals surface area contributed by atoms with Crippen molar-refractivity contribution in [3.05, 3.63) is 54.4 Å². The fourth-order valence-corrected chi connectivity index (χ4v) is 4.10. The molecule has 0 radical (unpaired) electrons. The number of hydrogen-bond acceptors (Lipinski definition) is 6. The molecule has 0 N–H and O–H groups in total. The monoisotopic (exact) mass is 436 g/mol. The molecular formula is C20H21ClN2O5S. The summed E-state index contributed by atoms with van der Waals surface area (Å²) in [5.74, 6) is -0.753. The first-order chi connectivity index (χ1) is 14.0. The maximum atomic E-state index is 13.0. The quantitative estimate of drug-likeness (QED) is 0.641. The third-order valence-corrected chi connectivity index (χ3v) is 5.56. The zero-order valence-electron chi connectivity index (χ0n) is 15.9. The van der Waals surface area contributed by atoms with Crippen molar-refractivity contribution in [3.8, 4) is 0 Å². The van der Waals surface area contributed by atoms with Gasteiger partial charge in [0.15, 0.2) is 0 Å². The summed E-state index contributed by atoms with van der Waals surface area (Å²) >= 11 is 7.15. The Bertz CT molecular complexity index is 1070. The van der Waals surface area contributed by atoms with E-state index in [4.69, 9.17) is 21.1 Å². The van der Waals surface area contributed by atoms with Crippen molar-refractivity contribution in [1.29, 1.82) is 0 Å². The van der Waals surface area contributed by atoms with Gasteiger partial charge in [-0.15, -0.1) is 11.3 Å². The van der Waals surface area contributed by atoms with E-state index in [1.807, 2.05) is 6.07 Å². The van der Waals surface area contributed by atoms with Crippen LogP contribution in [0.2, 0.25) is 5.02 Å². The first-order valence-electron chi connectivity index (χ1n) is 9.19. The highest BCUT2D eigenvalue weighted by atomic mass is 35.5. The number of nitrogens with zero attached hydrogens (tertiary/aromatic N) is 2. The Kier molecular flexibility index (Phi) is 7.24. The second-order valence-corrected chi connectivity index (χ2v) is 7.78. The molecule has 1 fully saturated rings. The number of thiazole rings is 1. The van der Waals surface area contributed by atoms with Gasteiger partial charge in [-0.05, 0) is 30.7 Å². The van der Waals surface area contributed by atoms with Crippen LogP contribution >= 0.6 is 22.9 Å². The maximum Gasteiger partial charge on any atom is 0.333 e. The number of amides is 1. The van der Waals surface area contributed by atoms with Gasteiger partial charge in [-0.1, -0.05) is 23.7 Å². The third-order valence-electron chi connectivity index (χ3n) is 4.27. The van der Waals surface area contributed by atoms with E-state index in [0.717, 1.165) is 16.9 Å². The van der Waals surface area contributed by atoms with Crippen LogP contribution in [0, 0.1) is 0 Å². The first-order valence-corrected chi connectivity index (χ1v) is 10.4. The molecule has 0 atom stereocenters. The van der Waals surface area contributed by atoms with E-state index in [-0.39, 0.29) is 24.6 Å². The van der Waals surface area contributed by atoms with E-state index in [0.29, 0.717) is 40.5 Å². The highest BCUT2D eigenvalue weighted by Crippen LogP contribution is 2.10. The molecule has 9 heteroatoms. The molecule has 154 valence electrons. The Labute approximate surface area is 176 Å². The lowest BCUT2D eigenvalue weighted by atomic mass is 10.2. The number of hydrogen-bond donors (Lipinski definition) is 0. The Morgan fingerprint density at radius 1 is 1.31 bits per heavy atom. The van der Waals surface area contributed by atoms with Crippen LogP contribution in [0.25, 0.3) is 12.2 Å². The molecule has 29 heavy (non-hydrogen) atoms. The lowest BCUT2D eigenvalue weighted by Crippen LogP contribution is -2.45. The molecule has 2 aromatic rings. The number of carbonyl (C=O) groups excluding carboxylic acids is 2. The summed E-state index contributed by atoms with van der Waals surface area (Å²) in [4.78, 5) is 39.2. The molecule has 3 rings (SSSR count). The Balaban J connectivity index is 2.02. The Hall–Kier alpha value is -2.42. The minimum absolute atomic E-state index is 0.149. The van der Waals surface area contributed by atoms with Gasteiger partial charge in [0.2, 0.25) is 5.91 Å². The summed E-state index contributed by atoms with van der Waals surface area (Å²) in [6.45, 7) is 3.68. The zero-order chi connectivity index (χ0) is 20.8. The Morgan fingerprint density at radius 3 is 2.76 bits per heavy atom. The van der Waals surface area contributed by atoms with Gasteiger partial charge in [-0.3, -0.25) is 14.2 Å². The molecule has 0 spiro atoms. The van der Waals surface area contributed by atoms with Crippen LogP contribution in [0.1, 0.15) is 12.5 Å². The van der Waals surface area contributed by atoms with Crippen molar-refractivity contribution in [1.82, 2.24) is 9.47 Å². The summed E-state index contributed by atoms with van der Waals surface area (Å²) < 4.78 is 12.3. The minimum atomic E-state index is -0.560. The number of rotatable bonds is 5. The van der Waals surface area contributed by atoms with Crippen LogP contribution in [0.15, 0.2) is 29.1 Å². The SMILES string of the molecule is CCOC(=O)/C=c1\s/c(=C\c2cccc(Cl)c2)c(=O)n1CC(=O)N1CCOCC1. The highest BCUT2D eigenvalue weighted by molar-refractivity contribution is 7.07. The van der Waals surface area contributed by atoms with Crippen LogP contribution in [-0.4, -0.2) is 54.3 Å². The number of esters is 1. The van der Waals surface area contributed by atoms with Gasteiger partial charge in [0.25, 0.3) is 5.56 Å². The van der Waals surface area contributed by atoms with Crippen molar-refractivity contribution in [2.24, 2.45) is 0 Å². The number of aromatic nitrogens is 1. The van der Waals surface area contributed by atoms with Crippen LogP contribution in [0.5, 0.6) is 0 Å². The molecule has 1 saturated heterocycles. The first kappa shape index (κ1) is 21.3. The summed E-state index contributed by atoms with van der Waals surface area (Å²) in [7, 11) is 0. The van der Waals surface area contributed by atoms with E-state index >= 15 is 0 Å². The van der Waals surface area contributed by atoms with E-state index in [1.165, 1.54) is 10.6 Å². The van der Waals surface area contributed by atoms with Crippen molar-refractivity contribution in [3.63, 3.8) is 0 Å². The lowest BCUT2D eigenvalue weighted by Gasteiger charge is -2.26. The van der Waals surface area contributed by atoms with Crippen LogP contribution < -0.4 is 14.8 Å². The summed E-state index contributed by atoms with van der Waals surface area (Å²) in [5, 5.41) is 0.552. The van der Waals surface area contributed by atoms with Crippen LogP contribution in [0.4, 0.5) is 0 Å². The van der Waals surface area contributed by atoms with E-state index in [9.17, 15) is 14.4 Å². The number of morpholine rings is 1. The summed E-state index contributed by atoms with van der Waals surface area (Å²) in [5.41, 5.74) is 0.414. The van der Waals surface area contributed by atoms with Gasteiger partial charge in [-0.2, -0.15) is 0 Å². The molecule has 1 aromatic heterocycles. The van der Waals surface area contributed by atoms with Gasteiger partial charge >= 0.3 is 5.97 Å². The molecule has 0 saturated carbocycles. The van der Waals surface area contributed by atoms with Gasteiger partial charge < -0.3 is 14.4 Å². The van der Waals surface area contributed by atoms with Crippen molar-refractivity contribution in [2.75, 3.05) is 32.9 Å². The molecule has 1 aliphatic heterocycles. The number of ether oxygens (including phenoxy) is 2. The molecular weight excluding hydrogens is 416 g/mol. The average Bonchev–Trinajstić information content (AvgIpc) is 2.97. The second kappa shape index (κ2) is 9.87. The fraction of sp³-hybridized carbons (Fsp3) is 0.350. The van der Waals surface area contributed by atoms with Gasteiger partial charge in [0.05, 0.1) is 30.4 Å². The third kappa shape index (κ3) is 5.56. The molecule has 2 heterocycles. The molecule has 1 aliphatic rings. The molecule has 7 nitrogen and oxygen atoms in total. The van der Waals surface area contributed by atoms with Gasteiger partial charge in [-0.25, -0.2) is 4.79 Å². The predicted molar refractivity (Wildman–Crippen MR) is 111 cm³/mol. The topological polar surface area (TPSA) is 77.8 Å². The minimum Gasteiger partial charge on any atom is -0.463 e. The Morgan fingerprint density at radius 2 is 2.07 bits per heavy atom. The highest BCUT2D eigenvalue weighted by Gasteiger charge is 2.19. The average molecular weight is 437 g/mol. The van der Waals surface area contributed by atoms with E-state index in [1.54, 1.807) is 36.1 Å². The van der Waals surface area contributed by atoms with E-state index < -0.39 is 5.97 Å². The maximum absolute atomic E-state index is 13.0. The van der Waals surface area contributed by atoms with Crippen molar-refractivity contribution >= 4 is 47.0 Å². The zero-order valence-corrected chi connectivity index (χ0v) is 17.5. The van der Waals surface area contributed by atoms with Crippen LogP contribution in [0.3, 0.4) is 0 Å². The predicted octanol–water partition coefficient (Wildman–Crippen LogP) is 0.594. The smallest absolute Gasteiger partial charge is 0.333 e. The largest absolute Gasteiger partial charge is 0.463 e. The molecule has 0 unspecified atom stereocenters. The standard InChI is InChI=1S/C20H21ClN2O5S/c1-2-28-19(25)12-18-23(13-17(24)22-6-8-27-9-7-22)20(26)16(29-18)11-14-4-3-5-15(21)10-14/h3-5,10-12H,2,6-9,13H2,1H3/b16-11-,18-12-. The van der Waals surface area contributed by atoms with Crippen molar-refractivity contribution in [2.45, 2.75) is 13.5 Å². The van der Waals surface area contributed by atoms with Gasteiger partial charge in [0, 0.05) is 18.1 Å². The number of halogens is 1. The number of carbonyl (C=O) groups is 2. The van der Waals surface area contributed by atoms with Crippen molar-refractivity contribution < 1.29 is 19.1 Å². The lowest BCUT2D eigenvalue weighted by molar-refractivity contribution is -0.136. The fourth-order valence-electron chi connectivity index (χ4n) is 2.87. The number of benzene rings is 1. The molecule has 0 bridgehead atoms. The molecule has 1 aromatic carbocycles. The normalized spacial score (nSPS) is 15.6. The van der Waals surface area contributed by atoms with Gasteiger partial charge in [0.1, 0.15) is 11.2 Å². The summed E-state index contributed by atoms with van der Waals surface area (Å²) in [6, 6.07) is 7.09. The molecule has 1 amide bonds. The second-order valence-electron chi connectivity index (χ2n) is 6.28. The van der Waals surface area contributed by atoms with E-state index in [2.05, 4.69) is 0 Å². The molecule has 0 aliphatic carbocycles. The van der Waals surface area contributed by atoms with Crippen LogP contribution in [-0.2, 0) is 25.6 Å². The summed E-state index contributed by atoms with van der Waals surface area (Å²) in [6.07, 6.45) is 2.94.